The fourth-order valence-corrected chi connectivity index (χ4v) is 5.74. The second-order valence-corrected chi connectivity index (χ2v) is 15.8. The molecule has 0 bridgehead atoms. The van der Waals surface area contributed by atoms with Crippen molar-refractivity contribution >= 4 is 58.9 Å². The molecule has 21 heteroatoms. The van der Waals surface area contributed by atoms with Crippen LogP contribution in [0, 0.1) is 10.8 Å². The number of nitrogens with two attached hydrogens (primary N) is 2. The summed E-state index contributed by atoms with van der Waals surface area (Å²) >= 11 is 0. The Morgan fingerprint density at radius 2 is 1.50 bits per heavy atom. The normalized spacial score (nSPS) is 12.7. The summed E-state index contributed by atoms with van der Waals surface area (Å²) in [6.45, 7) is 5.03. The van der Waals surface area contributed by atoms with Gasteiger partial charge in [0.25, 0.3) is 20.2 Å². The van der Waals surface area contributed by atoms with E-state index in [1.807, 2.05) is 30.3 Å². The minimum Gasteiger partial charge on any atom is -0.493 e. The Balaban J connectivity index is 0.00000153. The van der Waals surface area contributed by atoms with Crippen LogP contribution in [0.15, 0.2) is 70.6 Å². The molecule has 52 heavy (non-hydrogen) atoms. The number of benzene rings is 3. The van der Waals surface area contributed by atoms with Gasteiger partial charge in [-0.2, -0.15) is 4.72 Å². The number of aliphatic imine (C=N–C) groups is 1. The smallest absolute Gasteiger partial charge is 0.326 e. The number of carbonyl (C=O) groups excluding carboxylic acids is 2. The van der Waals surface area contributed by atoms with Gasteiger partial charge in [-0.25, -0.2) is 16.8 Å². The molecule has 0 aromatic heterocycles. The molecule has 0 radical (unpaired) electrons. The molecule has 0 saturated heterocycles. The molecule has 3 atom stereocenters. The first-order chi connectivity index (χ1) is 24.4. The highest BCUT2D eigenvalue weighted by molar-refractivity contribution is 8.56. The Hall–Kier alpha value is -4.72. The third-order valence-corrected chi connectivity index (χ3v) is 9.00. The molecule has 3 rings (SSSR count). The SMILES string of the molecule is COc1cc2ccc(S(=O)(=O)N[C@@H](CCCN=C(N)N)C(=O)N(CC(=O)OC(C)(C)C)Cc3ccccc3)cc2cc1OC.N#N.O=S(O)S(=O)O. The molecular formula is C31H43N7O11S3. The molecular weight excluding hydrogens is 743 g/mol. The van der Waals surface area contributed by atoms with Crippen LogP contribution in [0.4, 0.5) is 0 Å². The van der Waals surface area contributed by atoms with Gasteiger partial charge in [0.15, 0.2) is 17.5 Å². The average molecular weight is 786 g/mol. The Labute approximate surface area is 306 Å². The molecule has 1 amide bonds. The molecule has 0 aliphatic carbocycles. The van der Waals surface area contributed by atoms with Crippen LogP contribution in [0.1, 0.15) is 39.2 Å². The first-order valence-corrected chi connectivity index (χ1v) is 19.3. The van der Waals surface area contributed by atoms with E-state index < -0.39 is 53.8 Å². The molecule has 286 valence electrons. The van der Waals surface area contributed by atoms with Crippen molar-refractivity contribution in [3.63, 3.8) is 0 Å². The van der Waals surface area contributed by atoms with Gasteiger partial charge < -0.3 is 30.6 Å². The summed E-state index contributed by atoms with van der Waals surface area (Å²) in [4.78, 5) is 32.0. The number of rotatable bonds is 15. The summed E-state index contributed by atoms with van der Waals surface area (Å²) in [6, 6.07) is 15.8. The molecule has 0 aliphatic heterocycles. The van der Waals surface area contributed by atoms with Crippen LogP contribution in [0.2, 0.25) is 0 Å². The van der Waals surface area contributed by atoms with E-state index in [2.05, 4.69) is 9.71 Å². The molecule has 18 nitrogen and oxygen atoms in total. The Kier molecular flexibility index (Phi) is 18.8. The van der Waals surface area contributed by atoms with Crippen molar-refractivity contribution in [3.8, 4) is 11.5 Å². The molecule has 0 saturated carbocycles. The van der Waals surface area contributed by atoms with Crippen LogP contribution < -0.4 is 25.7 Å². The summed E-state index contributed by atoms with van der Waals surface area (Å²) in [7, 11) is -6.39. The van der Waals surface area contributed by atoms with Crippen LogP contribution in [0.3, 0.4) is 0 Å². The van der Waals surface area contributed by atoms with E-state index in [1.54, 1.807) is 39.0 Å². The highest BCUT2D eigenvalue weighted by Gasteiger charge is 2.31. The number of nitrogens with zero attached hydrogens (tertiary/aromatic N) is 4. The molecule has 0 aliphatic rings. The third-order valence-electron chi connectivity index (χ3n) is 6.56. The molecule has 3 aromatic rings. The monoisotopic (exact) mass is 785 g/mol. The van der Waals surface area contributed by atoms with Crippen LogP contribution in [-0.4, -0.2) is 87.6 Å². The topological polar surface area (TPSA) is 298 Å². The zero-order chi connectivity index (χ0) is 39.6. The first kappa shape index (κ1) is 45.3. The van der Waals surface area contributed by atoms with E-state index in [-0.39, 0.29) is 43.3 Å². The van der Waals surface area contributed by atoms with Crippen molar-refractivity contribution in [2.45, 2.75) is 56.7 Å². The summed E-state index contributed by atoms with van der Waals surface area (Å²) in [5.74, 6) is -0.395. The minimum atomic E-state index is -4.22. The number of carbonyl (C=O) groups is 2. The number of nitrogens with one attached hydrogen (secondary N) is 1. The lowest BCUT2D eigenvalue weighted by atomic mass is 10.1. The fraction of sp³-hybridized carbons (Fsp3) is 0.387. The molecule has 0 spiro atoms. The number of sulfonamides is 1. The molecule has 0 fully saturated rings. The van der Waals surface area contributed by atoms with E-state index in [0.29, 0.717) is 16.9 Å². The fourth-order valence-electron chi connectivity index (χ4n) is 4.48. The van der Waals surface area contributed by atoms with Gasteiger partial charge in [-0.3, -0.25) is 23.7 Å². The Bertz CT molecular complexity index is 1840. The maximum Gasteiger partial charge on any atom is 0.326 e. The summed E-state index contributed by atoms with van der Waals surface area (Å²) < 4.78 is 79.8. The second-order valence-electron chi connectivity index (χ2n) is 11.5. The molecule has 3 aromatic carbocycles. The lowest BCUT2D eigenvalue weighted by molar-refractivity contribution is -0.159. The van der Waals surface area contributed by atoms with Crippen LogP contribution in [0.5, 0.6) is 11.5 Å². The van der Waals surface area contributed by atoms with Crippen molar-refractivity contribution in [1.29, 1.82) is 10.8 Å². The number of amides is 1. The number of guanidine groups is 1. The summed E-state index contributed by atoms with van der Waals surface area (Å²) in [5, 5.41) is 13.3. The van der Waals surface area contributed by atoms with Crippen molar-refractivity contribution in [2.24, 2.45) is 16.5 Å². The van der Waals surface area contributed by atoms with Gasteiger partial charge in [0.1, 0.15) is 18.2 Å². The highest BCUT2D eigenvalue weighted by Crippen LogP contribution is 2.33. The van der Waals surface area contributed by atoms with Gasteiger partial charge in [0.05, 0.1) is 19.1 Å². The number of hydrogen-bond acceptors (Lipinski definition) is 12. The molecule has 2 unspecified atom stereocenters. The minimum absolute atomic E-state index is 0.0546. The number of esters is 1. The van der Waals surface area contributed by atoms with Crippen molar-refractivity contribution in [2.75, 3.05) is 27.3 Å². The number of fused-ring (bicyclic) bond motifs is 1. The van der Waals surface area contributed by atoms with Crippen molar-refractivity contribution < 1.29 is 49.7 Å². The maximum atomic E-state index is 14.0. The third kappa shape index (κ3) is 15.7. The van der Waals surface area contributed by atoms with Gasteiger partial charge in [-0.1, -0.05) is 36.4 Å². The highest BCUT2D eigenvalue weighted by atomic mass is 33.2. The van der Waals surface area contributed by atoms with E-state index in [1.165, 1.54) is 31.3 Å². The largest absolute Gasteiger partial charge is 0.493 e. The van der Waals surface area contributed by atoms with Crippen molar-refractivity contribution in [3.05, 3.63) is 66.2 Å². The summed E-state index contributed by atoms with van der Waals surface area (Å²) in [6.07, 6.45) is 0.351. The van der Waals surface area contributed by atoms with E-state index in [4.69, 9.17) is 45.6 Å². The van der Waals surface area contributed by atoms with Gasteiger partial charge in [0.2, 0.25) is 15.9 Å². The maximum absolute atomic E-state index is 14.0. The van der Waals surface area contributed by atoms with E-state index >= 15 is 0 Å². The van der Waals surface area contributed by atoms with Gasteiger partial charge in [-0.05, 0) is 74.2 Å². The predicted molar refractivity (Wildman–Crippen MR) is 194 cm³/mol. The van der Waals surface area contributed by atoms with Gasteiger partial charge >= 0.3 is 5.97 Å². The molecule has 7 N–H and O–H groups in total. The lowest BCUT2D eigenvalue weighted by Crippen LogP contribution is -2.50. The standard InChI is InChI=1S/C31H41N5O7S.N2.H2O4S2/c1-31(2,3)43-28(37)20-36(19-21-10-7-6-8-11-21)29(38)25(12-9-15-34-30(32)33)35-44(39,40)24-14-13-22-17-26(41-4)27(42-5)18-23(22)16-24;1-2;1-5(2)6(3)4/h6-8,10-11,13-14,16-18,25,35H,9,12,15,19-20H2,1-5H3,(H4,32,33,34);;(H,1,2)(H,3,4)/t25-;;/m0../s1. The Morgan fingerprint density at radius 1 is 0.942 bits per heavy atom. The number of methoxy groups -OCH3 is 2. The lowest BCUT2D eigenvalue weighted by Gasteiger charge is -2.29. The van der Waals surface area contributed by atoms with Crippen LogP contribution in [0.25, 0.3) is 10.8 Å². The van der Waals surface area contributed by atoms with E-state index in [0.717, 1.165) is 10.9 Å². The van der Waals surface area contributed by atoms with Crippen LogP contribution >= 0.6 is 0 Å². The quantitative estimate of drug-likeness (QED) is 0.0281. The van der Waals surface area contributed by atoms with Gasteiger partial charge in [-0.15, -0.1) is 0 Å². The average Bonchev–Trinajstić information content (AvgIpc) is 3.08. The zero-order valence-electron chi connectivity index (χ0n) is 29.1. The number of ether oxygens (including phenoxy) is 3. The van der Waals surface area contributed by atoms with E-state index in [9.17, 15) is 26.4 Å². The zero-order valence-corrected chi connectivity index (χ0v) is 31.6. The molecule has 0 heterocycles. The second kappa shape index (κ2) is 21.6. The van der Waals surface area contributed by atoms with Crippen molar-refractivity contribution in [1.82, 2.24) is 9.62 Å². The Morgan fingerprint density at radius 3 is 2.00 bits per heavy atom. The van der Waals surface area contributed by atoms with Gasteiger partial charge in [0, 0.05) is 23.9 Å². The number of hydrogen-bond donors (Lipinski definition) is 5. The first-order valence-electron chi connectivity index (χ1n) is 15.1. The summed E-state index contributed by atoms with van der Waals surface area (Å²) in [5.41, 5.74) is 10.9. The van der Waals surface area contributed by atoms with Crippen LogP contribution in [-0.2, 0) is 51.1 Å². The predicted octanol–water partition coefficient (Wildman–Crippen LogP) is 2.30.